The van der Waals surface area contributed by atoms with Crippen LogP contribution >= 0.6 is 0 Å². The van der Waals surface area contributed by atoms with Crippen LogP contribution in [0, 0.1) is 11.8 Å². The topological polar surface area (TPSA) is 161 Å². The van der Waals surface area contributed by atoms with Gasteiger partial charge in [-0.15, -0.1) is 0 Å². The Morgan fingerprint density at radius 2 is 1.71 bits per heavy atom. The summed E-state index contributed by atoms with van der Waals surface area (Å²) in [6, 6.07) is 14.3. The highest BCUT2D eigenvalue weighted by atomic mass is 16.4. The highest BCUT2D eigenvalue weighted by Gasteiger charge is 2.44. The first-order valence-corrected chi connectivity index (χ1v) is 17.0. The predicted molar refractivity (Wildman–Crippen MR) is 183 cm³/mol. The molecule has 2 aromatic carbocycles. The number of carbonyl (C=O) groups excluding carboxylic acids is 4. The molecule has 0 radical (unpaired) electrons. The van der Waals surface area contributed by atoms with Crippen molar-refractivity contribution in [3.63, 3.8) is 0 Å². The number of pyridine rings is 1. The standard InChI is InChI=1S/C36H46BN5O6/c1-23(2)33(37(47)48)41-35(45)31-20-29(39-32(43)18-25-11-8-16-38-21-25)22-42(31)36(46)30(17-24-9-4-3-5-10-24)40-34(44)28-15-14-26-12-6-7-13-27(26)19-28/h6-8,11-16,19,21,23-24,29-31,33,47-48H,3-5,9-10,17-18,20,22H2,1-2H3,(H,39,43)(H,40,44)(H,41,45)/t29-,30-,31+,33+/m1/s1. The van der Waals surface area contributed by atoms with Crippen molar-refractivity contribution in [3.05, 3.63) is 78.1 Å². The minimum atomic E-state index is -1.80. The smallest absolute Gasteiger partial charge is 0.426 e. The summed E-state index contributed by atoms with van der Waals surface area (Å²) in [6.07, 6.45) is 9.07. The molecule has 1 aromatic heterocycles. The SMILES string of the molecule is CC(C)[C@H](NC(=O)[C@@H]1C[C@@H](NC(=O)Cc2cccnc2)CN1C(=O)[C@@H](CC1CCCCC1)NC(=O)c1ccc2ccccc2c1)B(O)O. The van der Waals surface area contributed by atoms with Crippen LogP contribution < -0.4 is 16.0 Å². The van der Waals surface area contributed by atoms with Crippen LogP contribution in [-0.2, 0) is 20.8 Å². The van der Waals surface area contributed by atoms with Crippen LogP contribution in [0.2, 0.25) is 0 Å². The van der Waals surface area contributed by atoms with E-state index in [1.807, 2.05) is 30.3 Å². The maximum atomic E-state index is 14.5. The molecule has 1 aliphatic heterocycles. The van der Waals surface area contributed by atoms with Crippen molar-refractivity contribution < 1.29 is 29.2 Å². The molecule has 0 spiro atoms. The molecule has 254 valence electrons. The summed E-state index contributed by atoms with van der Waals surface area (Å²) in [5, 5.41) is 30.5. The van der Waals surface area contributed by atoms with Crippen molar-refractivity contribution in [1.29, 1.82) is 0 Å². The number of nitrogens with one attached hydrogen (secondary N) is 3. The molecule has 1 saturated heterocycles. The molecule has 11 nitrogen and oxygen atoms in total. The largest absolute Gasteiger partial charge is 0.475 e. The molecule has 2 aliphatic rings. The first-order chi connectivity index (χ1) is 23.1. The number of fused-ring (bicyclic) bond motifs is 1. The van der Waals surface area contributed by atoms with Crippen molar-refractivity contribution in [2.24, 2.45) is 11.8 Å². The summed E-state index contributed by atoms with van der Waals surface area (Å²) >= 11 is 0. The summed E-state index contributed by atoms with van der Waals surface area (Å²) in [6.45, 7) is 3.58. The Hall–Kier alpha value is -4.29. The third-order valence-electron chi connectivity index (χ3n) is 9.60. The van der Waals surface area contributed by atoms with Crippen LogP contribution in [0.15, 0.2) is 67.0 Å². The van der Waals surface area contributed by atoms with E-state index in [2.05, 4.69) is 20.9 Å². The average molecular weight is 656 g/mol. The molecule has 48 heavy (non-hydrogen) atoms. The van der Waals surface area contributed by atoms with Crippen LogP contribution in [0.3, 0.4) is 0 Å². The van der Waals surface area contributed by atoms with Gasteiger partial charge in [0, 0.05) is 30.5 Å². The number of aromatic nitrogens is 1. The molecule has 0 unspecified atom stereocenters. The van der Waals surface area contributed by atoms with E-state index in [-0.39, 0.29) is 43.0 Å². The molecule has 5 N–H and O–H groups in total. The Labute approximate surface area is 282 Å². The van der Waals surface area contributed by atoms with Gasteiger partial charge in [0.1, 0.15) is 12.1 Å². The van der Waals surface area contributed by atoms with Crippen molar-refractivity contribution in [1.82, 2.24) is 25.8 Å². The van der Waals surface area contributed by atoms with E-state index in [9.17, 15) is 29.2 Å². The fourth-order valence-corrected chi connectivity index (χ4v) is 7.00. The lowest BCUT2D eigenvalue weighted by atomic mass is 9.73. The molecular weight excluding hydrogens is 609 g/mol. The molecule has 3 aromatic rings. The van der Waals surface area contributed by atoms with Gasteiger partial charge in [0.2, 0.25) is 17.7 Å². The molecule has 5 rings (SSSR count). The van der Waals surface area contributed by atoms with Gasteiger partial charge in [-0.25, -0.2) is 0 Å². The van der Waals surface area contributed by atoms with E-state index in [1.165, 1.54) is 4.90 Å². The van der Waals surface area contributed by atoms with Crippen molar-refractivity contribution in [3.8, 4) is 0 Å². The Kier molecular flexibility index (Phi) is 11.8. The second-order valence-electron chi connectivity index (χ2n) is 13.6. The Morgan fingerprint density at radius 3 is 2.40 bits per heavy atom. The van der Waals surface area contributed by atoms with Crippen LogP contribution in [0.1, 0.15) is 74.7 Å². The van der Waals surface area contributed by atoms with Crippen LogP contribution in [0.4, 0.5) is 0 Å². The van der Waals surface area contributed by atoms with Gasteiger partial charge >= 0.3 is 7.12 Å². The highest BCUT2D eigenvalue weighted by Crippen LogP contribution is 2.29. The van der Waals surface area contributed by atoms with Gasteiger partial charge in [-0.05, 0) is 59.2 Å². The molecule has 12 heteroatoms. The molecule has 1 saturated carbocycles. The van der Waals surface area contributed by atoms with E-state index < -0.39 is 43.0 Å². The summed E-state index contributed by atoms with van der Waals surface area (Å²) in [5.74, 6) is -2.60. The summed E-state index contributed by atoms with van der Waals surface area (Å²) in [4.78, 5) is 60.4. The quantitative estimate of drug-likeness (QED) is 0.188. The first kappa shape index (κ1) is 35.0. The Morgan fingerprint density at radius 1 is 0.958 bits per heavy atom. The van der Waals surface area contributed by atoms with Crippen LogP contribution in [0.25, 0.3) is 10.8 Å². The zero-order valence-electron chi connectivity index (χ0n) is 27.7. The molecule has 1 aliphatic carbocycles. The number of carbonyl (C=O) groups is 4. The second-order valence-corrected chi connectivity index (χ2v) is 13.6. The number of rotatable bonds is 12. The van der Waals surface area contributed by atoms with E-state index in [4.69, 9.17) is 0 Å². The maximum absolute atomic E-state index is 14.5. The zero-order valence-corrected chi connectivity index (χ0v) is 27.7. The Balaban J connectivity index is 1.39. The molecule has 2 fully saturated rings. The number of benzene rings is 2. The van der Waals surface area contributed by atoms with Gasteiger partial charge in [-0.2, -0.15) is 0 Å². The highest BCUT2D eigenvalue weighted by molar-refractivity contribution is 6.43. The van der Waals surface area contributed by atoms with Crippen molar-refractivity contribution in [2.75, 3.05) is 6.54 Å². The number of nitrogens with zero attached hydrogens (tertiary/aromatic N) is 2. The fourth-order valence-electron chi connectivity index (χ4n) is 7.00. The Bertz CT molecular complexity index is 1570. The van der Waals surface area contributed by atoms with Gasteiger partial charge in [-0.1, -0.05) is 82.3 Å². The van der Waals surface area contributed by atoms with Gasteiger partial charge in [0.15, 0.2) is 0 Å². The lowest BCUT2D eigenvalue weighted by Crippen LogP contribution is -2.57. The van der Waals surface area contributed by atoms with Gasteiger partial charge < -0.3 is 30.9 Å². The predicted octanol–water partition coefficient (Wildman–Crippen LogP) is 2.78. The monoisotopic (exact) mass is 655 g/mol. The number of amides is 4. The van der Waals surface area contributed by atoms with E-state index in [0.717, 1.165) is 48.4 Å². The molecule has 2 heterocycles. The molecular formula is C36H46BN5O6. The van der Waals surface area contributed by atoms with Crippen LogP contribution in [-0.4, -0.2) is 81.3 Å². The normalized spacial score (nSPS) is 19.5. The van der Waals surface area contributed by atoms with Crippen molar-refractivity contribution in [2.45, 2.75) is 89.3 Å². The number of hydrogen-bond acceptors (Lipinski definition) is 7. The van der Waals surface area contributed by atoms with E-state index in [1.54, 1.807) is 50.5 Å². The van der Waals surface area contributed by atoms with Gasteiger partial charge in [0.05, 0.1) is 12.4 Å². The minimum Gasteiger partial charge on any atom is -0.426 e. The lowest BCUT2D eigenvalue weighted by Gasteiger charge is -2.32. The maximum Gasteiger partial charge on any atom is 0.475 e. The summed E-state index contributed by atoms with van der Waals surface area (Å²) in [5.41, 5.74) is 1.17. The number of hydrogen-bond donors (Lipinski definition) is 5. The molecule has 4 atom stereocenters. The summed E-state index contributed by atoms with van der Waals surface area (Å²) in [7, 11) is -1.80. The fraction of sp³-hybridized carbons (Fsp3) is 0.472. The van der Waals surface area contributed by atoms with Gasteiger partial charge in [0.25, 0.3) is 5.91 Å². The second kappa shape index (κ2) is 16.2. The van der Waals surface area contributed by atoms with Gasteiger partial charge in [-0.3, -0.25) is 24.2 Å². The van der Waals surface area contributed by atoms with E-state index >= 15 is 0 Å². The number of likely N-dealkylation sites (tertiary alicyclic amines) is 1. The molecule has 0 bridgehead atoms. The minimum absolute atomic E-state index is 0.0662. The zero-order chi connectivity index (χ0) is 34.2. The molecule has 4 amide bonds. The average Bonchev–Trinajstić information content (AvgIpc) is 3.50. The first-order valence-electron chi connectivity index (χ1n) is 17.0. The lowest BCUT2D eigenvalue weighted by molar-refractivity contribution is -0.140. The summed E-state index contributed by atoms with van der Waals surface area (Å²) < 4.78 is 0. The third kappa shape index (κ3) is 8.99. The third-order valence-corrected chi connectivity index (χ3v) is 9.60. The van der Waals surface area contributed by atoms with Crippen molar-refractivity contribution >= 4 is 41.5 Å². The van der Waals surface area contributed by atoms with E-state index in [0.29, 0.717) is 12.0 Å². The van der Waals surface area contributed by atoms with Crippen LogP contribution in [0.5, 0.6) is 0 Å².